The fourth-order valence-corrected chi connectivity index (χ4v) is 2.82. The molecule has 2 fully saturated rings. The summed E-state index contributed by atoms with van der Waals surface area (Å²) in [7, 11) is 0. The summed E-state index contributed by atoms with van der Waals surface area (Å²) in [5.41, 5.74) is 0.0624. The van der Waals surface area contributed by atoms with Crippen molar-refractivity contribution < 1.29 is 9.50 Å². The molecule has 0 bridgehead atoms. The van der Waals surface area contributed by atoms with E-state index in [0.29, 0.717) is 5.92 Å². The van der Waals surface area contributed by atoms with Crippen molar-refractivity contribution in [1.82, 2.24) is 9.97 Å². The predicted octanol–water partition coefficient (Wildman–Crippen LogP) is 1.42. The topological polar surface area (TPSA) is 46.0 Å². The standard InChI is InChI=1S/C11H13FN2O/c12-8-5-13-10(14-6-8)11-2-1-9(15)3-7(11)4-11/h5-7,9,15H,1-4H2/t7-,9+,11-/m1/s1. The quantitative estimate of drug-likeness (QED) is 0.759. The average Bonchev–Trinajstić information content (AvgIpc) is 2.93. The highest BCUT2D eigenvalue weighted by molar-refractivity contribution is 5.24. The van der Waals surface area contributed by atoms with Crippen molar-refractivity contribution in [2.24, 2.45) is 5.92 Å². The first-order chi connectivity index (χ1) is 7.21. The number of halogens is 1. The summed E-state index contributed by atoms with van der Waals surface area (Å²) in [6.45, 7) is 0. The summed E-state index contributed by atoms with van der Waals surface area (Å²) in [5, 5.41) is 9.51. The Hall–Kier alpha value is -1.03. The molecule has 0 aromatic carbocycles. The second-order valence-electron chi connectivity index (χ2n) is 4.71. The summed E-state index contributed by atoms with van der Waals surface area (Å²) in [6, 6.07) is 0. The Labute approximate surface area is 87.4 Å². The van der Waals surface area contributed by atoms with Gasteiger partial charge in [0.15, 0.2) is 5.82 Å². The van der Waals surface area contributed by atoms with Gasteiger partial charge in [0.2, 0.25) is 0 Å². The van der Waals surface area contributed by atoms with E-state index in [1.807, 2.05) is 0 Å². The molecule has 0 amide bonds. The van der Waals surface area contributed by atoms with Crippen molar-refractivity contribution in [1.29, 1.82) is 0 Å². The third-order valence-corrected chi connectivity index (χ3v) is 3.78. The van der Waals surface area contributed by atoms with Gasteiger partial charge in [-0.05, 0) is 31.6 Å². The fourth-order valence-electron chi connectivity index (χ4n) is 2.82. The molecule has 1 heterocycles. The Morgan fingerprint density at radius 2 is 2.13 bits per heavy atom. The van der Waals surface area contributed by atoms with Crippen molar-refractivity contribution in [3.05, 3.63) is 24.0 Å². The molecule has 2 aliphatic rings. The molecule has 1 aromatic rings. The van der Waals surface area contributed by atoms with Crippen molar-refractivity contribution >= 4 is 0 Å². The highest BCUT2D eigenvalue weighted by Gasteiger charge is 2.59. The van der Waals surface area contributed by atoms with Crippen LogP contribution in [0.25, 0.3) is 0 Å². The molecule has 1 aromatic heterocycles. The number of fused-ring (bicyclic) bond motifs is 1. The van der Waals surface area contributed by atoms with Gasteiger partial charge in [-0.1, -0.05) is 0 Å². The SMILES string of the molecule is O[C@H]1CC[C@@]2(c3ncc(F)cn3)C[C@H]2C1. The number of aliphatic hydroxyl groups is 1. The van der Waals surface area contributed by atoms with E-state index in [9.17, 15) is 9.50 Å². The van der Waals surface area contributed by atoms with Crippen LogP contribution < -0.4 is 0 Å². The van der Waals surface area contributed by atoms with Crippen LogP contribution in [0.2, 0.25) is 0 Å². The molecular weight excluding hydrogens is 195 g/mol. The molecule has 4 heteroatoms. The van der Waals surface area contributed by atoms with E-state index in [2.05, 4.69) is 9.97 Å². The summed E-state index contributed by atoms with van der Waals surface area (Å²) in [5.74, 6) is 0.885. The highest BCUT2D eigenvalue weighted by Crippen LogP contribution is 2.61. The molecule has 2 saturated carbocycles. The van der Waals surface area contributed by atoms with E-state index in [-0.39, 0.29) is 17.3 Å². The fraction of sp³-hybridized carbons (Fsp3) is 0.636. The largest absolute Gasteiger partial charge is 0.393 e. The number of nitrogens with zero attached hydrogens (tertiary/aromatic N) is 2. The third kappa shape index (κ3) is 1.35. The van der Waals surface area contributed by atoms with Crippen LogP contribution in [0, 0.1) is 11.7 Å². The van der Waals surface area contributed by atoms with Crippen LogP contribution in [-0.4, -0.2) is 21.2 Å². The van der Waals surface area contributed by atoms with Crippen molar-refractivity contribution in [2.45, 2.75) is 37.2 Å². The lowest BCUT2D eigenvalue weighted by Crippen LogP contribution is -2.24. The molecule has 3 rings (SSSR count). The van der Waals surface area contributed by atoms with Crippen LogP contribution in [-0.2, 0) is 5.41 Å². The summed E-state index contributed by atoms with van der Waals surface area (Å²) in [6.07, 6.45) is 5.96. The van der Waals surface area contributed by atoms with Crippen LogP contribution >= 0.6 is 0 Å². The average molecular weight is 208 g/mol. The van der Waals surface area contributed by atoms with Crippen LogP contribution in [0.5, 0.6) is 0 Å². The maximum Gasteiger partial charge on any atom is 0.159 e. The third-order valence-electron chi connectivity index (χ3n) is 3.78. The lowest BCUT2D eigenvalue weighted by molar-refractivity contribution is 0.118. The second kappa shape index (κ2) is 2.98. The minimum atomic E-state index is -0.386. The summed E-state index contributed by atoms with van der Waals surface area (Å²) in [4.78, 5) is 8.15. The van der Waals surface area contributed by atoms with E-state index in [4.69, 9.17) is 0 Å². The number of rotatable bonds is 1. The molecule has 0 radical (unpaired) electrons. The normalized spacial score (nSPS) is 38.5. The first-order valence-corrected chi connectivity index (χ1v) is 5.37. The molecule has 2 aliphatic carbocycles. The van der Waals surface area contributed by atoms with Crippen LogP contribution in [0.3, 0.4) is 0 Å². The highest BCUT2D eigenvalue weighted by atomic mass is 19.1. The van der Waals surface area contributed by atoms with Crippen LogP contribution in [0.4, 0.5) is 4.39 Å². The van der Waals surface area contributed by atoms with Crippen molar-refractivity contribution in [2.75, 3.05) is 0 Å². The molecule has 0 saturated heterocycles. The summed E-state index contributed by atoms with van der Waals surface area (Å²) >= 11 is 0. The molecule has 15 heavy (non-hydrogen) atoms. The zero-order valence-electron chi connectivity index (χ0n) is 8.36. The Morgan fingerprint density at radius 3 is 2.80 bits per heavy atom. The maximum atomic E-state index is 12.7. The Kier molecular flexibility index (Phi) is 1.83. The van der Waals surface area contributed by atoms with E-state index >= 15 is 0 Å². The van der Waals surface area contributed by atoms with Gasteiger partial charge < -0.3 is 5.11 Å². The Balaban J connectivity index is 1.87. The first kappa shape index (κ1) is 9.21. The number of hydrogen-bond donors (Lipinski definition) is 1. The van der Waals surface area contributed by atoms with Crippen LogP contribution in [0.15, 0.2) is 12.4 Å². The van der Waals surface area contributed by atoms with Gasteiger partial charge in [-0.3, -0.25) is 0 Å². The number of aliphatic hydroxyl groups excluding tert-OH is 1. The van der Waals surface area contributed by atoms with Gasteiger partial charge in [0.1, 0.15) is 5.82 Å². The van der Waals surface area contributed by atoms with Gasteiger partial charge in [0.05, 0.1) is 18.5 Å². The zero-order chi connectivity index (χ0) is 10.5. The Bertz CT molecular complexity index is 381. The number of aromatic nitrogens is 2. The van der Waals surface area contributed by atoms with E-state index < -0.39 is 0 Å². The number of hydrogen-bond acceptors (Lipinski definition) is 3. The molecule has 3 nitrogen and oxygen atoms in total. The molecule has 0 aliphatic heterocycles. The lowest BCUT2D eigenvalue weighted by atomic mass is 9.86. The van der Waals surface area contributed by atoms with Gasteiger partial charge >= 0.3 is 0 Å². The molecule has 0 spiro atoms. The molecule has 3 atom stereocenters. The van der Waals surface area contributed by atoms with Crippen LogP contribution in [0.1, 0.15) is 31.5 Å². The van der Waals surface area contributed by atoms with Gasteiger partial charge in [0.25, 0.3) is 0 Å². The molecule has 1 N–H and O–H groups in total. The minimum absolute atomic E-state index is 0.0624. The van der Waals surface area contributed by atoms with E-state index in [1.54, 1.807) is 0 Å². The first-order valence-electron chi connectivity index (χ1n) is 5.37. The van der Waals surface area contributed by atoms with Gasteiger partial charge in [-0.2, -0.15) is 0 Å². The minimum Gasteiger partial charge on any atom is -0.393 e. The van der Waals surface area contributed by atoms with Crippen molar-refractivity contribution in [3.63, 3.8) is 0 Å². The van der Waals surface area contributed by atoms with Gasteiger partial charge in [-0.25, -0.2) is 14.4 Å². The van der Waals surface area contributed by atoms with Gasteiger partial charge in [0, 0.05) is 5.41 Å². The predicted molar refractivity (Wildman–Crippen MR) is 51.6 cm³/mol. The molecule has 0 unspecified atom stereocenters. The lowest BCUT2D eigenvalue weighted by Gasteiger charge is -2.23. The zero-order valence-corrected chi connectivity index (χ0v) is 8.36. The van der Waals surface area contributed by atoms with E-state index in [1.165, 1.54) is 12.4 Å². The molecule has 80 valence electrons. The Morgan fingerprint density at radius 1 is 1.40 bits per heavy atom. The molecular formula is C11H13FN2O. The van der Waals surface area contributed by atoms with E-state index in [0.717, 1.165) is 31.5 Å². The maximum absolute atomic E-state index is 12.7. The second-order valence-corrected chi connectivity index (χ2v) is 4.71. The summed E-state index contributed by atoms with van der Waals surface area (Å²) < 4.78 is 12.7. The van der Waals surface area contributed by atoms with Gasteiger partial charge in [-0.15, -0.1) is 0 Å². The monoisotopic (exact) mass is 208 g/mol. The smallest absolute Gasteiger partial charge is 0.159 e. The van der Waals surface area contributed by atoms with Crippen molar-refractivity contribution in [3.8, 4) is 0 Å².